The molecule has 2 aromatic rings. The van der Waals surface area contributed by atoms with E-state index in [0.717, 1.165) is 32.5 Å². The minimum atomic E-state index is -0.169. The van der Waals surface area contributed by atoms with Crippen LogP contribution in [0.2, 0.25) is 5.02 Å². The number of rotatable bonds is 9. The lowest BCUT2D eigenvalue weighted by atomic mass is 10.1. The highest BCUT2D eigenvalue weighted by Gasteiger charge is 2.21. The molecule has 0 bridgehead atoms. The van der Waals surface area contributed by atoms with Gasteiger partial charge >= 0.3 is 0 Å². The molecule has 0 spiro atoms. The highest BCUT2D eigenvalue weighted by Crippen LogP contribution is 2.28. The number of amides is 1. The number of likely N-dealkylation sites (tertiary alicyclic amines) is 1. The van der Waals surface area contributed by atoms with Crippen molar-refractivity contribution in [1.82, 2.24) is 10.2 Å². The van der Waals surface area contributed by atoms with Gasteiger partial charge in [0.2, 0.25) is 0 Å². The first-order valence-electron chi connectivity index (χ1n) is 10.7. The van der Waals surface area contributed by atoms with Crippen LogP contribution in [0.4, 0.5) is 0 Å². The second-order valence-corrected chi connectivity index (χ2v) is 8.30. The maximum absolute atomic E-state index is 12.1. The van der Waals surface area contributed by atoms with E-state index >= 15 is 0 Å². The lowest BCUT2D eigenvalue weighted by Crippen LogP contribution is -2.39. The van der Waals surface area contributed by atoms with Crippen molar-refractivity contribution in [3.05, 3.63) is 70.3 Å². The molecule has 0 aliphatic carbocycles. The fourth-order valence-corrected chi connectivity index (χ4v) is 3.93. The van der Waals surface area contributed by atoms with E-state index in [2.05, 4.69) is 47.5 Å². The van der Waals surface area contributed by atoms with Crippen LogP contribution >= 0.6 is 11.6 Å². The zero-order valence-corrected chi connectivity index (χ0v) is 19.0. The van der Waals surface area contributed by atoms with Crippen LogP contribution in [0, 0.1) is 0 Å². The summed E-state index contributed by atoms with van der Waals surface area (Å²) in [6.07, 6.45) is 4.28. The summed E-state index contributed by atoms with van der Waals surface area (Å²) in [7, 11) is 1.60. The van der Waals surface area contributed by atoms with Gasteiger partial charge in [0, 0.05) is 38.9 Å². The molecule has 0 unspecified atom stereocenters. The van der Waals surface area contributed by atoms with Crippen LogP contribution in [-0.4, -0.2) is 56.8 Å². The fraction of sp³-hybridized carbons (Fsp3) is 0.400. The largest absolute Gasteiger partial charge is 0.489 e. The first-order chi connectivity index (χ1) is 15.0. The lowest BCUT2D eigenvalue weighted by Gasteiger charge is -2.32. The number of nitrogens with one attached hydrogen (secondary N) is 1. The number of ether oxygens (including phenoxy) is 2. The Hall–Kier alpha value is -2.34. The summed E-state index contributed by atoms with van der Waals surface area (Å²) < 4.78 is 11.1. The van der Waals surface area contributed by atoms with Crippen molar-refractivity contribution in [2.45, 2.75) is 25.9 Å². The molecule has 0 aromatic heterocycles. The molecule has 0 atom stereocenters. The van der Waals surface area contributed by atoms with E-state index < -0.39 is 0 Å². The molecule has 1 aliphatic rings. The van der Waals surface area contributed by atoms with Crippen molar-refractivity contribution in [2.75, 3.05) is 39.9 Å². The number of carbonyl (C=O) groups is 1. The number of benzene rings is 2. The number of piperidine rings is 1. The standard InChI is InChI=1S/C25H31ClN2O3/c1-19(16-20-6-4-3-5-7-20)18-28-13-10-22(11-14-28)31-24-9-8-21(17-23(24)26)25(29)27-12-15-30-2/h3-9,16-17,22H,10-15,18H2,1-2H3,(H,27,29)/b19-16+. The lowest BCUT2D eigenvalue weighted by molar-refractivity contribution is 0.0936. The Morgan fingerprint density at radius 3 is 2.61 bits per heavy atom. The third-order valence-electron chi connectivity index (χ3n) is 5.30. The van der Waals surface area contributed by atoms with E-state index in [1.165, 1.54) is 11.1 Å². The molecule has 0 saturated carbocycles. The summed E-state index contributed by atoms with van der Waals surface area (Å²) in [4.78, 5) is 14.6. The van der Waals surface area contributed by atoms with Crippen molar-refractivity contribution in [2.24, 2.45) is 0 Å². The van der Waals surface area contributed by atoms with Gasteiger partial charge in [-0.15, -0.1) is 0 Å². The Morgan fingerprint density at radius 1 is 1.19 bits per heavy atom. The predicted molar refractivity (Wildman–Crippen MR) is 126 cm³/mol. The number of carbonyl (C=O) groups excluding carboxylic acids is 1. The van der Waals surface area contributed by atoms with Crippen LogP contribution in [0.5, 0.6) is 5.75 Å². The highest BCUT2D eigenvalue weighted by atomic mass is 35.5. The van der Waals surface area contributed by atoms with E-state index in [-0.39, 0.29) is 12.0 Å². The Kier molecular flexibility index (Phi) is 8.95. The zero-order valence-electron chi connectivity index (χ0n) is 18.3. The maximum atomic E-state index is 12.1. The van der Waals surface area contributed by atoms with Crippen LogP contribution in [0.3, 0.4) is 0 Å². The van der Waals surface area contributed by atoms with Gasteiger partial charge in [-0.05, 0) is 43.5 Å². The molecule has 5 nitrogen and oxygen atoms in total. The van der Waals surface area contributed by atoms with Crippen molar-refractivity contribution in [3.8, 4) is 5.75 Å². The SMILES string of the molecule is COCCNC(=O)c1ccc(OC2CCN(C/C(C)=C/c3ccccc3)CC2)c(Cl)c1. The summed E-state index contributed by atoms with van der Waals surface area (Å²) in [5.74, 6) is 0.464. The molecule has 1 aliphatic heterocycles. The van der Waals surface area contributed by atoms with Gasteiger partial charge in [0.15, 0.2) is 0 Å². The van der Waals surface area contributed by atoms with Crippen molar-refractivity contribution >= 4 is 23.6 Å². The molecule has 1 saturated heterocycles. The van der Waals surface area contributed by atoms with E-state index in [4.69, 9.17) is 21.1 Å². The van der Waals surface area contributed by atoms with Crippen molar-refractivity contribution in [3.63, 3.8) is 0 Å². The summed E-state index contributed by atoms with van der Waals surface area (Å²) in [6.45, 7) is 6.06. The summed E-state index contributed by atoms with van der Waals surface area (Å²) in [5, 5.41) is 3.25. The third kappa shape index (κ3) is 7.39. The van der Waals surface area contributed by atoms with E-state index in [1.54, 1.807) is 25.3 Å². The molecule has 0 radical (unpaired) electrons. The molecule has 1 heterocycles. The molecule has 1 amide bonds. The van der Waals surface area contributed by atoms with Gasteiger partial charge in [0.05, 0.1) is 11.6 Å². The van der Waals surface area contributed by atoms with Gasteiger partial charge in [-0.25, -0.2) is 0 Å². The molecule has 1 N–H and O–H groups in total. The predicted octanol–water partition coefficient (Wildman–Crippen LogP) is 4.66. The molecule has 3 rings (SSSR count). The highest BCUT2D eigenvalue weighted by molar-refractivity contribution is 6.32. The van der Waals surface area contributed by atoms with Gasteiger partial charge in [0.25, 0.3) is 5.91 Å². The van der Waals surface area contributed by atoms with Crippen LogP contribution in [-0.2, 0) is 4.74 Å². The summed E-state index contributed by atoms with van der Waals surface area (Å²) in [6, 6.07) is 15.6. The van der Waals surface area contributed by atoms with Gasteiger partial charge in [0.1, 0.15) is 11.9 Å². The molecule has 2 aromatic carbocycles. The minimum absolute atomic E-state index is 0.133. The summed E-state index contributed by atoms with van der Waals surface area (Å²) in [5.41, 5.74) is 3.11. The van der Waals surface area contributed by atoms with Gasteiger partial charge in [-0.1, -0.05) is 53.6 Å². The second kappa shape index (κ2) is 11.9. The number of hydrogen-bond acceptors (Lipinski definition) is 4. The van der Waals surface area contributed by atoms with E-state index in [1.807, 2.05) is 6.07 Å². The third-order valence-corrected chi connectivity index (χ3v) is 5.60. The molecular weight excluding hydrogens is 412 g/mol. The maximum Gasteiger partial charge on any atom is 0.251 e. The van der Waals surface area contributed by atoms with Crippen LogP contribution < -0.4 is 10.1 Å². The smallest absolute Gasteiger partial charge is 0.251 e. The number of halogens is 1. The second-order valence-electron chi connectivity index (χ2n) is 7.89. The minimum Gasteiger partial charge on any atom is -0.489 e. The Morgan fingerprint density at radius 2 is 1.94 bits per heavy atom. The topological polar surface area (TPSA) is 50.8 Å². The number of methoxy groups -OCH3 is 1. The van der Waals surface area contributed by atoms with E-state index in [9.17, 15) is 4.79 Å². The van der Waals surface area contributed by atoms with Gasteiger partial charge < -0.3 is 14.8 Å². The first-order valence-corrected chi connectivity index (χ1v) is 11.1. The van der Waals surface area contributed by atoms with Gasteiger partial charge in [-0.3, -0.25) is 9.69 Å². The van der Waals surface area contributed by atoms with Crippen LogP contribution in [0.1, 0.15) is 35.7 Å². The monoisotopic (exact) mass is 442 g/mol. The van der Waals surface area contributed by atoms with Crippen LogP contribution in [0.15, 0.2) is 54.1 Å². The Bertz CT molecular complexity index is 878. The fourth-order valence-electron chi connectivity index (χ4n) is 3.70. The molecular formula is C25H31ClN2O3. The van der Waals surface area contributed by atoms with E-state index in [0.29, 0.717) is 29.5 Å². The average Bonchev–Trinajstić information content (AvgIpc) is 2.77. The average molecular weight is 443 g/mol. The molecule has 166 valence electrons. The van der Waals surface area contributed by atoms with Crippen LogP contribution in [0.25, 0.3) is 6.08 Å². The van der Waals surface area contributed by atoms with Crippen molar-refractivity contribution < 1.29 is 14.3 Å². The van der Waals surface area contributed by atoms with Gasteiger partial charge in [-0.2, -0.15) is 0 Å². The zero-order chi connectivity index (χ0) is 22.1. The number of hydrogen-bond donors (Lipinski definition) is 1. The normalized spacial score (nSPS) is 15.6. The molecule has 1 fully saturated rings. The van der Waals surface area contributed by atoms with Crippen molar-refractivity contribution in [1.29, 1.82) is 0 Å². The first kappa shape index (κ1) is 23.3. The summed E-state index contributed by atoms with van der Waals surface area (Å²) >= 11 is 6.38. The Balaban J connectivity index is 1.47. The molecule has 6 heteroatoms. The Labute approximate surface area is 190 Å². The molecule has 31 heavy (non-hydrogen) atoms. The quantitative estimate of drug-likeness (QED) is 0.574. The number of nitrogens with zero attached hydrogens (tertiary/aromatic N) is 1.